The summed E-state index contributed by atoms with van der Waals surface area (Å²) in [6.45, 7) is 4.67. The van der Waals surface area contributed by atoms with Gasteiger partial charge in [0.2, 0.25) is 0 Å². The number of nitrogens with one attached hydrogen (secondary N) is 1. The Hall–Kier alpha value is -2.04. The Kier molecular flexibility index (Phi) is 4.32. The molecule has 0 aliphatic rings. The molecular formula is C17H18ClN3O. The van der Waals surface area contributed by atoms with E-state index in [0.29, 0.717) is 11.7 Å². The molecule has 2 aromatic heterocycles. The van der Waals surface area contributed by atoms with Gasteiger partial charge in [-0.25, -0.2) is 4.68 Å². The fourth-order valence-electron chi connectivity index (χ4n) is 2.37. The highest BCUT2D eigenvalue weighted by molar-refractivity contribution is 6.30. The first-order valence-corrected chi connectivity index (χ1v) is 7.61. The molecule has 0 amide bonds. The van der Waals surface area contributed by atoms with Gasteiger partial charge >= 0.3 is 0 Å². The van der Waals surface area contributed by atoms with Crippen molar-refractivity contribution >= 4 is 11.6 Å². The minimum absolute atomic E-state index is 0.116. The maximum absolute atomic E-state index is 6.51. The largest absolute Gasteiger partial charge is 0.468 e. The molecule has 4 nitrogen and oxygen atoms in total. The Morgan fingerprint density at radius 1 is 1.23 bits per heavy atom. The monoisotopic (exact) mass is 315 g/mol. The minimum atomic E-state index is 0.116. The van der Waals surface area contributed by atoms with E-state index in [1.807, 2.05) is 49.4 Å². The lowest BCUT2D eigenvalue weighted by Gasteiger charge is -2.11. The number of aryl methyl sites for hydroxylation is 1. The highest BCUT2D eigenvalue weighted by atomic mass is 35.5. The van der Waals surface area contributed by atoms with Gasteiger partial charge in [-0.05, 0) is 38.1 Å². The quantitative estimate of drug-likeness (QED) is 0.764. The molecule has 2 heterocycles. The summed E-state index contributed by atoms with van der Waals surface area (Å²) in [6, 6.07) is 13.9. The van der Waals surface area contributed by atoms with Crippen LogP contribution < -0.4 is 5.32 Å². The van der Waals surface area contributed by atoms with Crippen molar-refractivity contribution < 1.29 is 4.42 Å². The van der Waals surface area contributed by atoms with Crippen molar-refractivity contribution in [2.75, 3.05) is 0 Å². The summed E-state index contributed by atoms with van der Waals surface area (Å²) in [7, 11) is 0. The second-order valence-corrected chi connectivity index (χ2v) is 5.58. The van der Waals surface area contributed by atoms with Crippen LogP contribution in [0.5, 0.6) is 0 Å². The molecular weight excluding hydrogens is 298 g/mol. The van der Waals surface area contributed by atoms with Gasteiger partial charge < -0.3 is 9.73 Å². The molecule has 0 aliphatic heterocycles. The van der Waals surface area contributed by atoms with Gasteiger partial charge in [0.05, 0.1) is 23.7 Å². The summed E-state index contributed by atoms with van der Waals surface area (Å²) in [6.07, 6.45) is 1.68. The zero-order chi connectivity index (χ0) is 15.5. The predicted octanol–water partition coefficient (Wildman–Crippen LogP) is 4.28. The van der Waals surface area contributed by atoms with Crippen molar-refractivity contribution in [2.45, 2.75) is 26.4 Å². The summed E-state index contributed by atoms with van der Waals surface area (Å²) >= 11 is 6.51. The first-order valence-electron chi connectivity index (χ1n) is 7.23. The molecule has 3 rings (SSSR count). The standard InChI is InChI=1S/C17H18ClN3O/c1-12-15(11-19-13(2)16-9-6-10-22-16)17(18)21(20-12)14-7-4-3-5-8-14/h3-10,13,19H,11H2,1-2H3/t13-/m0/s1. The zero-order valence-corrected chi connectivity index (χ0v) is 13.3. The topological polar surface area (TPSA) is 43.0 Å². The molecule has 114 valence electrons. The van der Waals surface area contributed by atoms with Crippen LogP contribution in [0.1, 0.15) is 30.0 Å². The molecule has 5 heteroatoms. The van der Waals surface area contributed by atoms with Gasteiger partial charge in [0, 0.05) is 12.1 Å². The molecule has 0 saturated heterocycles. The van der Waals surface area contributed by atoms with Crippen molar-refractivity contribution in [3.63, 3.8) is 0 Å². The van der Waals surface area contributed by atoms with Crippen LogP contribution in [-0.4, -0.2) is 9.78 Å². The Balaban J connectivity index is 1.79. The van der Waals surface area contributed by atoms with E-state index < -0.39 is 0 Å². The summed E-state index contributed by atoms with van der Waals surface area (Å²) in [5, 5.41) is 8.60. The molecule has 0 unspecified atom stereocenters. The van der Waals surface area contributed by atoms with Crippen LogP contribution in [0.2, 0.25) is 5.15 Å². The van der Waals surface area contributed by atoms with Crippen molar-refractivity contribution in [1.29, 1.82) is 0 Å². The van der Waals surface area contributed by atoms with Crippen molar-refractivity contribution in [3.8, 4) is 5.69 Å². The lowest BCUT2D eigenvalue weighted by Crippen LogP contribution is -2.18. The number of hydrogen-bond donors (Lipinski definition) is 1. The van der Waals surface area contributed by atoms with Crippen LogP contribution in [0.3, 0.4) is 0 Å². The molecule has 1 atom stereocenters. The zero-order valence-electron chi connectivity index (χ0n) is 12.6. The molecule has 0 spiro atoms. The van der Waals surface area contributed by atoms with E-state index in [4.69, 9.17) is 16.0 Å². The van der Waals surface area contributed by atoms with Crippen LogP contribution >= 0.6 is 11.6 Å². The van der Waals surface area contributed by atoms with Gasteiger partial charge in [-0.3, -0.25) is 0 Å². The maximum atomic E-state index is 6.51. The third-order valence-electron chi connectivity index (χ3n) is 3.68. The van der Waals surface area contributed by atoms with E-state index in [2.05, 4.69) is 17.3 Å². The average molecular weight is 316 g/mol. The van der Waals surface area contributed by atoms with Crippen LogP contribution in [0.15, 0.2) is 53.1 Å². The molecule has 3 aromatic rings. The van der Waals surface area contributed by atoms with E-state index >= 15 is 0 Å². The van der Waals surface area contributed by atoms with Gasteiger partial charge in [0.15, 0.2) is 0 Å². The molecule has 1 N–H and O–H groups in total. The van der Waals surface area contributed by atoms with E-state index in [9.17, 15) is 0 Å². The molecule has 0 radical (unpaired) electrons. The molecule has 0 saturated carbocycles. The van der Waals surface area contributed by atoms with E-state index in [-0.39, 0.29) is 6.04 Å². The number of hydrogen-bond acceptors (Lipinski definition) is 3. The molecule has 22 heavy (non-hydrogen) atoms. The summed E-state index contributed by atoms with van der Waals surface area (Å²) in [5.41, 5.74) is 2.89. The van der Waals surface area contributed by atoms with E-state index in [1.165, 1.54) is 0 Å². The first kappa shape index (κ1) is 14.9. The predicted molar refractivity (Wildman–Crippen MR) is 87.3 cm³/mol. The van der Waals surface area contributed by atoms with Crippen molar-refractivity contribution in [2.24, 2.45) is 0 Å². The summed E-state index contributed by atoms with van der Waals surface area (Å²) in [5.74, 6) is 0.907. The Bertz CT molecular complexity index is 735. The fraction of sp³-hybridized carbons (Fsp3) is 0.235. The molecule has 0 aliphatic carbocycles. The molecule has 0 bridgehead atoms. The van der Waals surface area contributed by atoms with Gasteiger partial charge in [0.25, 0.3) is 0 Å². The second kappa shape index (κ2) is 6.38. The van der Waals surface area contributed by atoms with Gasteiger partial charge in [-0.1, -0.05) is 29.8 Å². The number of benzene rings is 1. The van der Waals surface area contributed by atoms with Crippen LogP contribution in [0.25, 0.3) is 5.69 Å². The number of aromatic nitrogens is 2. The highest BCUT2D eigenvalue weighted by Gasteiger charge is 2.16. The lowest BCUT2D eigenvalue weighted by molar-refractivity contribution is 0.430. The molecule has 0 fully saturated rings. The first-order chi connectivity index (χ1) is 10.7. The van der Waals surface area contributed by atoms with E-state index in [0.717, 1.165) is 22.7 Å². The lowest BCUT2D eigenvalue weighted by atomic mass is 10.2. The maximum Gasteiger partial charge on any atom is 0.137 e. The van der Waals surface area contributed by atoms with Crippen molar-refractivity contribution in [1.82, 2.24) is 15.1 Å². The second-order valence-electron chi connectivity index (χ2n) is 5.22. The smallest absolute Gasteiger partial charge is 0.137 e. The normalized spacial score (nSPS) is 12.5. The van der Waals surface area contributed by atoms with Crippen LogP contribution in [0, 0.1) is 6.92 Å². The van der Waals surface area contributed by atoms with E-state index in [1.54, 1.807) is 10.9 Å². The number of para-hydroxylation sites is 1. The average Bonchev–Trinajstić information content (AvgIpc) is 3.15. The minimum Gasteiger partial charge on any atom is -0.468 e. The SMILES string of the molecule is Cc1nn(-c2ccccc2)c(Cl)c1CN[C@@H](C)c1ccco1. The van der Waals surface area contributed by atoms with Crippen LogP contribution in [0.4, 0.5) is 0 Å². The molecule has 1 aromatic carbocycles. The Morgan fingerprint density at radius 3 is 2.68 bits per heavy atom. The van der Waals surface area contributed by atoms with Gasteiger partial charge in [0.1, 0.15) is 10.9 Å². The number of furan rings is 1. The summed E-state index contributed by atoms with van der Waals surface area (Å²) < 4.78 is 7.17. The third kappa shape index (κ3) is 2.93. The third-order valence-corrected chi connectivity index (χ3v) is 4.07. The Morgan fingerprint density at radius 2 is 2.00 bits per heavy atom. The number of nitrogens with zero attached hydrogens (tertiary/aromatic N) is 2. The highest BCUT2D eigenvalue weighted by Crippen LogP contribution is 2.24. The summed E-state index contributed by atoms with van der Waals surface area (Å²) in [4.78, 5) is 0. The van der Waals surface area contributed by atoms with Crippen LogP contribution in [-0.2, 0) is 6.54 Å². The fourth-order valence-corrected chi connectivity index (χ4v) is 2.70. The van der Waals surface area contributed by atoms with Gasteiger partial charge in [-0.2, -0.15) is 5.10 Å². The number of rotatable bonds is 5. The van der Waals surface area contributed by atoms with Gasteiger partial charge in [-0.15, -0.1) is 0 Å². The number of halogens is 1. The Labute approximate surface area is 134 Å². The van der Waals surface area contributed by atoms with Crippen molar-refractivity contribution in [3.05, 3.63) is 70.9 Å².